The summed E-state index contributed by atoms with van der Waals surface area (Å²) in [5, 5.41) is 19.6. The van der Waals surface area contributed by atoms with E-state index in [1.54, 1.807) is 12.1 Å². The van der Waals surface area contributed by atoms with E-state index >= 15 is 0 Å². The van der Waals surface area contributed by atoms with E-state index in [1.165, 1.54) is 23.9 Å². The van der Waals surface area contributed by atoms with Crippen LogP contribution in [0.5, 0.6) is 0 Å². The molecule has 1 atom stereocenters. The van der Waals surface area contributed by atoms with Crippen molar-refractivity contribution in [2.45, 2.75) is 23.2 Å². The zero-order valence-electron chi connectivity index (χ0n) is 13.0. The van der Waals surface area contributed by atoms with Gasteiger partial charge in [-0.15, -0.1) is 10.2 Å². The molecule has 1 unspecified atom stereocenters. The molecule has 1 aliphatic heterocycles. The van der Waals surface area contributed by atoms with Crippen molar-refractivity contribution < 1.29 is 13.3 Å². The van der Waals surface area contributed by atoms with Gasteiger partial charge in [0.1, 0.15) is 5.82 Å². The van der Waals surface area contributed by atoms with Crippen LogP contribution >= 0.6 is 11.8 Å². The van der Waals surface area contributed by atoms with E-state index in [0.717, 1.165) is 5.56 Å². The second-order valence-corrected chi connectivity index (χ2v) is 8.88. The van der Waals surface area contributed by atoms with Gasteiger partial charge in [0.2, 0.25) is 0 Å². The fraction of sp³-hybridized carbons (Fsp3) is 0.429. The van der Waals surface area contributed by atoms with Gasteiger partial charge in [0.15, 0.2) is 15.0 Å². The van der Waals surface area contributed by atoms with E-state index in [1.807, 2.05) is 11.6 Å². The van der Waals surface area contributed by atoms with Crippen molar-refractivity contribution in [3.8, 4) is 0 Å². The van der Waals surface area contributed by atoms with E-state index in [4.69, 9.17) is 0 Å². The topological polar surface area (TPSA) is 108 Å². The Morgan fingerprint density at radius 1 is 1.33 bits per heavy atom. The molecule has 1 saturated heterocycles. The Balaban J connectivity index is 1.67. The summed E-state index contributed by atoms with van der Waals surface area (Å²) in [7, 11) is -1.13. The lowest BCUT2D eigenvalue weighted by Crippen LogP contribution is -2.09. The summed E-state index contributed by atoms with van der Waals surface area (Å²) in [6, 6.07) is 6.38. The molecule has 1 aliphatic rings. The molecule has 2 heterocycles. The summed E-state index contributed by atoms with van der Waals surface area (Å²) in [4.78, 5) is 10.2. The largest absolute Gasteiger partial charge is 0.309 e. The van der Waals surface area contributed by atoms with Crippen LogP contribution in [0.4, 0.5) is 5.69 Å². The lowest BCUT2D eigenvalue weighted by atomic mass is 10.1. The molecule has 1 fully saturated rings. The van der Waals surface area contributed by atoms with Gasteiger partial charge in [-0.25, -0.2) is 8.42 Å². The lowest BCUT2D eigenvalue weighted by molar-refractivity contribution is -0.384. The predicted molar refractivity (Wildman–Crippen MR) is 89.7 cm³/mol. The van der Waals surface area contributed by atoms with E-state index in [-0.39, 0.29) is 23.1 Å². The fourth-order valence-electron chi connectivity index (χ4n) is 2.67. The number of hydrogen-bond acceptors (Lipinski definition) is 7. The number of hydrogen-bond donors (Lipinski definition) is 0. The second kappa shape index (κ2) is 6.52. The lowest BCUT2D eigenvalue weighted by Gasteiger charge is -2.08. The standard InChI is InChI=1S/C14H16N4O4S2/c1-17-13(11-6-7-24(21,22)9-11)15-16-14(17)23-8-10-2-4-12(5-3-10)18(19)20/h2-5,11H,6-9H2,1H3. The number of nitro benzene ring substituents is 1. The van der Waals surface area contributed by atoms with Crippen molar-refractivity contribution in [2.75, 3.05) is 11.5 Å². The average molecular weight is 368 g/mol. The van der Waals surface area contributed by atoms with Gasteiger partial charge in [-0.3, -0.25) is 10.1 Å². The third-order valence-electron chi connectivity index (χ3n) is 3.98. The van der Waals surface area contributed by atoms with Crippen LogP contribution in [0.25, 0.3) is 0 Å². The average Bonchev–Trinajstić information content (AvgIpc) is 3.08. The molecule has 128 valence electrons. The zero-order valence-corrected chi connectivity index (χ0v) is 14.6. The van der Waals surface area contributed by atoms with Gasteiger partial charge in [0.05, 0.1) is 16.4 Å². The van der Waals surface area contributed by atoms with Crippen molar-refractivity contribution >= 4 is 27.3 Å². The number of thioether (sulfide) groups is 1. The van der Waals surface area contributed by atoms with Gasteiger partial charge < -0.3 is 4.57 Å². The number of nitro groups is 1. The molecule has 0 saturated carbocycles. The summed E-state index contributed by atoms with van der Waals surface area (Å²) in [5.74, 6) is 1.54. The number of benzene rings is 1. The van der Waals surface area contributed by atoms with E-state index in [2.05, 4.69) is 10.2 Å². The van der Waals surface area contributed by atoms with Gasteiger partial charge in [0, 0.05) is 30.9 Å². The summed E-state index contributed by atoms with van der Waals surface area (Å²) < 4.78 is 25.1. The van der Waals surface area contributed by atoms with Gasteiger partial charge >= 0.3 is 0 Å². The minimum Gasteiger partial charge on any atom is -0.309 e. The second-order valence-electron chi connectivity index (χ2n) is 5.71. The van der Waals surface area contributed by atoms with Gasteiger partial charge in [-0.2, -0.15) is 0 Å². The summed E-state index contributed by atoms with van der Waals surface area (Å²) in [6.45, 7) is 0. The van der Waals surface area contributed by atoms with E-state index in [9.17, 15) is 18.5 Å². The molecule has 1 aromatic heterocycles. The van der Waals surface area contributed by atoms with E-state index in [0.29, 0.717) is 23.2 Å². The zero-order chi connectivity index (χ0) is 17.3. The number of non-ortho nitro benzene ring substituents is 1. The van der Waals surface area contributed by atoms with Gasteiger partial charge in [-0.1, -0.05) is 23.9 Å². The van der Waals surface area contributed by atoms with Crippen LogP contribution in [0.15, 0.2) is 29.4 Å². The Morgan fingerprint density at radius 2 is 2.04 bits per heavy atom. The third-order valence-corrected chi connectivity index (χ3v) is 6.84. The molecular weight excluding hydrogens is 352 g/mol. The molecule has 0 bridgehead atoms. The normalized spacial score (nSPS) is 19.5. The number of rotatable bonds is 5. The predicted octanol–water partition coefficient (Wildman–Crippen LogP) is 1.92. The first-order valence-corrected chi connectivity index (χ1v) is 10.1. The maximum absolute atomic E-state index is 11.6. The first-order valence-electron chi connectivity index (χ1n) is 7.31. The van der Waals surface area contributed by atoms with Crippen LogP contribution in [0.1, 0.15) is 23.7 Å². The Labute approximate surface area is 143 Å². The molecule has 24 heavy (non-hydrogen) atoms. The number of sulfone groups is 1. The van der Waals surface area contributed by atoms with Crippen molar-refractivity contribution in [3.05, 3.63) is 45.8 Å². The van der Waals surface area contributed by atoms with Crippen LogP contribution < -0.4 is 0 Å². The molecule has 3 rings (SSSR count). The van der Waals surface area contributed by atoms with E-state index < -0.39 is 14.8 Å². The molecule has 8 nitrogen and oxygen atoms in total. The van der Waals surface area contributed by atoms with Crippen LogP contribution in [0.3, 0.4) is 0 Å². The first-order chi connectivity index (χ1) is 11.4. The molecule has 0 spiro atoms. The Hall–Kier alpha value is -1.94. The maximum atomic E-state index is 11.6. The third kappa shape index (κ3) is 3.59. The monoisotopic (exact) mass is 368 g/mol. The molecule has 0 N–H and O–H groups in total. The summed E-state index contributed by atoms with van der Waals surface area (Å²) in [6.07, 6.45) is 0.585. The molecule has 1 aromatic carbocycles. The van der Waals surface area contributed by atoms with Crippen molar-refractivity contribution in [3.63, 3.8) is 0 Å². The molecule has 0 amide bonds. The highest BCUT2D eigenvalue weighted by Gasteiger charge is 2.32. The molecule has 0 radical (unpaired) electrons. The minimum atomic E-state index is -2.96. The first kappa shape index (κ1) is 16.9. The highest BCUT2D eigenvalue weighted by atomic mass is 32.2. The molecular formula is C14H16N4O4S2. The van der Waals surface area contributed by atoms with Crippen LogP contribution in [-0.4, -0.2) is 39.6 Å². The van der Waals surface area contributed by atoms with Crippen LogP contribution in [0.2, 0.25) is 0 Å². The highest BCUT2D eigenvalue weighted by Crippen LogP contribution is 2.30. The van der Waals surface area contributed by atoms with Crippen molar-refractivity contribution in [1.82, 2.24) is 14.8 Å². The van der Waals surface area contributed by atoms with Crippen molar-refractivity contribution in [2.24, 2.45) is 7.05 Å². The smallest absolute Gasteiger partial charge is 0.269 e. The number of nitrogens with zero attached hydrogens (tertiary/aromatic N) is 4. The Morgan fingerprint density at radius 3 is 2.62 bits per heavy atom. The Bertz CT molecular complexity index is 861. The summed E-state index contributed by atoms with van der Waals surface area (Å²) >= 11 is 1.46. The SMILES string of the molecule is Cn1c(SCc2ccc([N+](=O)[O-])cc2)nnc1C1CCS(=O)(=O)C1. The van der Waals surface area contributed by atoms with Crippen LogP contribution in [-0.2, 0) is 22.6 Å². The molecule has 10 heteroatoms. The Kier molecular flexibility index (Phi) is 4.59. The maximum Gasteiger partial charge on any atom is 0.269 e. The minimum absolute atomic E-state index is 0.0622. The molecule has 2 aromatic rings. The van der Waals surface area contributed by atoms with Gasteiger partial charge in [0.25, 0.3) is 5.69 Å². The quantitative estimate of drug-likeness (QED) is 0.450. The van der Waals surface area contributed by atoms with Gasteiger partial charge in [-0.05, 0) is 12.0 Å². The number of aromatic nitrogens is 3. The summed E-state index contributed by atoms with van der Waals surface area (Å²) in [5.41, 5.74) is 1.01. The van der Waals surface area contributed by atoms with Crippen LogP contribution in [0, 0.1) is 10.1 Å². The fourth-order valence-corrected chi connectivity index (χ4v) is 5.28. The highest BCUT2D eigenvalue weighted by molar-refractivity contribution is 7.98. The van der Waals surface area contributed by atoms with Crippen molar-refractivity contribution in [1.29, 1.82) is 0 Å². The molecule has 0 aliphatic carbocycles.